The molecule has 19 heavy (non-hydrogen) atoms. The van der Waals surface area contributed by atoms with Gasteiger partial charge < -0.3 is 15.2 Å². The van der Waals surface area contributed by atoms with Gasteiger partial charge in [-0.2, -0.15) is 0 Å². The summed E-state index contributed by atoms with van der Waals surface area (Å²) < 4.78 is 4.89. The number of carboxylic acids is 1. The minimum absolute atomic E-state index is 0.0805. The van der Waals surface area contributed by atoms with Crippen molar-refractivity contribution in [3.05, 3.63) is 10.6 Å². The number of carbonyl (C=O) groups excluding carboxylic acids is 1. The van der Waals surface area contributed by atoms with E-state index in [0.29, 0.717) is 10.8 Å². The molecule has 0 radical (unpaired) electrons. The van der Waals surface area contributed by atoms with Gasteiger partial charge in [0, 0.05) is 13.0 Å². The van der Waals surface area contributed by atoms with Crippen molar-refractivity contribution < 1.29 is 19.4 Å². The van der Waals surface area contributed by atoms with Gasteiger partial charge in [-0.3, -0.25) is 4.79 Å². The first-order valence-electron chi connectivity index (χ1n) is 6.06. The second-order valence-corrected chi connectivity index (χ2v) is 5.03. The van der Waals surface area contributed by atoms with Crippen LogP contribution in [-0.2, 0) is 16.1 Å². The molecule has 1 heterocycles. The molecule has 0 aliphatic heterocycles. The van der Waals surface area contributed by atoms with E-state index in [1.807, 2.05) is 13.8 Å². The fourth-order valence-electron chi connectivity index (χ4n) is 1.67. The average molecular weight is 286 g/mol. The Bertz CT molecular complexity index is 455. The summed E-state index contributed by atoms with van der Waals surface area (Å²) in [6.07, 6.45) is 1.48. The van der Waals surface area contributed by atoms with Gasteiger partial charge in [0.05, 0.1) is 12.3 Å². The lowest BCUT2D eigenvalue weighted by Gasteiger charge is -2.10. The Morgan fingerprint density at radius 2 is 2.05 bits per heavy atom. The van der Waals surface area contributed by atoms with Gasteiger partial charge in [-0.25, -0.2) is 9.78 Å². The Hall–Kier alpha value is -1.47. The average Bonchev–Trinajstić information content (AvgIpc) is 2.74. The number of hydrogen-bond acceptors (Lipinski definition) is 5. The molecule has 1 aromatic heterocycles. The van der Waals surface area contributed by atoms with Crippen molar-refractivity contribution in [2.24, 2.45) is 5.92 Å². The van der Waals surface area contributed by atoms with Crippen molar-refractivity contribution in [2.75, 3.05) is 12.4 Å². The molecule has 0 unspecified atom stereocenters. The van der Waals surface area contributed by atoms with Crippen LogP contribution in [0.5, 0.6) is 0 Å². The lowest BCUT2D eigenvalue weighted by molar-refractivity contribution is -0.120. The summed E-state index contributed by atoms with van der Waals surface area (Å²) in [5.41, 5.74) is 0.333. The molecule has 0 aromatic carbocycles. The first kappa shape index (κ1) is 15.6. The molecule has 7 heteroatoms. The maximum absolute atomic E-state index is 11.9. The van der Waals surface area contributed by atoms with E-state index in [4.69, 9.17) is 9.84 Å². The number of nitrogens with zero attached hydrogens (tertiary/aromatic N) is 1. The smallest absolute Gasteiger partial charge is 0.347 e. The quantitative estimate of drug-likeness (QED) is 0.803. The fourth-order valence-corrected chi connectivity index (χ4v) is 2.48. The van der Waals surface area contributed by atoms with Crippen LogP contribution < -0.4 is 5.32 Å². The second-order valence-electron chi connectivity index (χ2n) is 4.04. The number of carbonyl (C=O) groups is 2. The van der Waals surface area contributed by atoms with Gasteiger partial charge in [0.25, 0.3) is 0 Å². The number of methoxy groups -OCH3 is 1. The number of ether oxygens (including phenoxy) is 1. The topological polar surface area (TPSA) is 88.5 Å². The van der Waals surface area contributed by atoms with Crippen LogP contribution in [0.25, 0.3) is 0 Å². The van der Waals surface area contributed by atoms with E-state index < -0.39 is 5.97 Å². The van der Waals surface area contributed by atoms with Gasteiger partial charge >= 0.3 is 5.97 Å². The summed E-state index contributed by atoms with van der Waals surface area (Å²) in [6.45, 7) is 3.99. The number of thiazole rings is 1. The summed E-state index contributed by atoms with van der Waals surface area (Å²) in [6, 6.07) is 0. The number of hydrogen-bond donors (Lipinski definition) is 2. The van der Waals surface area contributed by atoms with E-state index in [-0.39, 0.29) is 23.3 Å². The van der Waals surface area contributed by atoms with Gasteiger partial charge in [-0.1, -0.05) is 25.2 Å². The number of nitrogens with one attached hydrogen (secondary N) is 1. The van der Waals surface area contributed by atoms with Gasteiger partial charge in [0.15, 0.2) is 5.13 Å². The number of carboxylic acid groups (broad SMARTS) is 1. The van der Waals surface area contributed by atoms with E-state index in [0.717, 1.165) is 24.2 Å². The molecule has 106 valence electrons. The summed E-state index contributed by atoms with van der Waals surface area (Å²) in [4.78, 5) is 27.1. The molecule has 0 saturated heterocycles. The van der Waals surface area contributed by atoms with E-state index in [9.17, 15) is 9.59 Å². The minimum atomic E-state index is -1.06. The largest absolute Gasteiger partial charge is 0.477 e. The Morgan fingerprint density at radius 1 is 1.42 bits per heavy atom. The van der Waals surface area contributed by atoms with E-state index in [1.165, 1.54) is 7.11 Å². The third-order valence-corrected chi connectivity index (χ3v) is 3.76. The Labute approximate surface area is 115 Å². The van der Waals surface area contributed by atoms with Crippen LogP contribution in [-0.4, -0.2) is 29.1 Å². The Morgan fingerprint density at radius 3 is 2.53 bits per heavy atom. The number of aromatic nitrogens is 1. The van der Waals surface area contributed by atoms with Crippen molar-refractivity contribution in [3.8, 4) is 0 Å². The van der Waals surface area contributed by atoms with E-state index in [1.54, 1.807) is 0 Å². The summed E-state index contributed by atoms with van der Waals surface area (Å²) >= 11 is 0.952. The lowest BCUT2D eigenvalue weighted by atomic mass is 10.0. The molecule has 6 nitrogen and oxygen atoms in total. The van der Waals surface area contributed by atoms with Gasteiger partial charge in [-0.05, 0) is 12.8 Å². The van der Waals surface area contributed by atoms with Crippen LogP contribution in [0.2, 0.25) is 0 Å². The highest BCUT2D eigenvalue weighted by Crippen LogP contribution is 2.24. The van der Waals surface area contributed by atoms with Crippen molar-refractivity contribution in [3.63, 3.8) is 0 Å². The Balaban J connectivity index is 2.87. The molecular formula is C12H18N2O4S. The maximum atomic E-state index is 11.9. The SMILES string of the molecule is CCC(CC)C(=O)Nc1nc(COC)c(C(=O)O)s1. The number of anilines is 1. The third-order valence-electron chi connectivity index (χ3n) is 2.76. The molecular weight excluding hydrogens is 268 g/mol. The molecule has 2 N–H and O–H groups in total. The van der Waals surface area contributed by atoms with Crippen LogP contribution in [0.4, 0.5) is 5.13 Å². The molecule has 0 aliphatic rings. The molecule has 0 saturated carbocycles. The monoisotopic (exact) mass is 286 g/mol. The highest BCUT2D eigenvalue weighted by atomic mass is 32.1. The summed E-state index contributed by atoms with van der Waals surface area (Å²) in [5, 5.41) is 12.0. The van der Waals surface area contributed by atoms with Crippen LogP contribution >= 0.6 is 11.3 Å². The predicted octanol–water partition coefficient (Wildman–Crippen LogP) is 2.36. The molecule has 0 aliphatic carbocycles. The van der Waals surface area contributed by atoms with Crippen LogP contribution in [0, 0.1) is 5.92 Å². The summed E-state index contributed by atoms with van der Waals surface area (Å²) in [7, 11) is 1.47. The Kier molecular flexibility index (Phi) is 5.91. The molecule has 1 rings (SSSR count). The number of amides is 1. The van der Waals surface area contributed by atoms with E-state index in [2.05, 4.69) is 10.3 Å². The molecule has 0 bridgehead atoms. The molecule has 1 amide bonds. The first-order chi connectivity index (χ1) is 9.03. The third kappa shape index (κ3) is 4.00. The summed E-state index contributed by atoms with van der Waals surface area (Å²) in [5.74, 6) is -1.27. The maximum Gasteiger partial charge on any atom is 0.347 e. The molecule has 0 spiro atoms. The second kappa shape index (κ2) is 7.20. The van der Waals surface area contributed by atoms with Crippen LogP contribution in [0.3, 0.4) is 0 Å². The lowest BCUT2D eigenvalue weighted by Crippen LogP contribution is -2.21. The van der Waals surface area contributed by atoms with Gasteiger partial charge in [0.1, 0.15) is 4.88 Å². The van der Waals surface area contributed by atoms with Crippen LogP contribution in [0.1, 0.15) is 42.1 Å². The normalized spacial score (nSPS) is 10.7. The van der Waals surface area contributed by atoms with Crippen LogP contribution in [0.15, 0.2) is 0 Å². The van der Waals surface area contributed by atoms with Crippen molar-refractivity contribution >= 4 is 28.3 Å². The van der Waals surface area contributed by atoms with Gasteiger partial charge in [0.2, 0.25) is 5.91 Å². The zero-order chi connectivity index (χ0) is 14.4. The molecule has 0 fully saturated rings. The van der Waals surface area contributed by atoms with E-state index >= 15 is 0 Å². The number of aromatic carboxylic acids is 1. The van der Waals surface area contributed by atoms with Crippen molar-refractivity contribution in [1.82, 2.24) is 4.98 Å². The highest BCUT2D eigenvalue weighted by molar-refractivity contribution is 7.17. The molecule has 1 aromatic rings. The first-order valence-corrected chi connectivity index (χ1v) is 6.87. The van der Waals surface area contributed by atoms with Gasteiger partial charge in [-0.15, -0.1) is 0 Å². The number of rotatable bonds is 7. The molecule has 0 atom stereocenters. The standard InChI is InChI=1S/C12H18N2O4S/c1-4-7(5-2)10(15)14-12-13-8(6-18-3)9(19-12)11(16)17/h7H,4-6H2,1-3H3,(H,16,17)(H,13,14,15). The minimum Gasteiger partial charge on any atom is -0.477 e. The van der Waals surface area contributed by atoms with Crippen molar-refractivity contribution in [2.45, 2.75) is 33.3 Å². The zero-order valence-electron chi connectivity index (χ0n) is 11.2. The predicted molar refractivity (Wildman–Crippen MR) is 72.5 cm³/mol. The zero-order valence-corrected chi connectivity index (χ0v) is 12.0. The van der Waals surface area contributed by atoms with Crippen molar-refractivity contribution in [1.29, 1.82) is 0 Å². The highest BCUT2D eigenvalue weighted by Gasteiger charge is 2.20. The fraction of sp³-hybridized carbons (Fsp3) is 0.583.